The van der Waals surface area contributed by atoms with E-state index in [-0.39, 0.29) is 41.4 Å². The summed E-state index contributed by atoms with van der Waals surface area (Å²) in [6.07, 6.45) is 6.47. The van der Waals surface area contributed by atoms with Crippen LogP contribution < -0.4 is 25.8 Å². The molecule has 2 heterocycles. The lowest BCUT2D eigenvalue weighted by atomic mass is 9.91. The Labute approximate surface area is 230 Å². The van der Waals surface area contributed by atoms with Crippen molar-refractivity contribution in [2.75, 3.05) is 54.4 Å². The molecule has 13 heteroatoms. The minimum absolute atomic E-state index is 0.0324. The van der Waals surface area contributed by atoms with Crippen molar-refractivity contribution in [3.8, 4) is 0 Å². The van der Waals surface area contributed by atoms with Gasteiger partial charge in [0.25, 0.3) is 0 Å². The molecule has 0 spiro atoms. The number of carbonyl (C=O) groups excluding carboxylic acids is 2. The zero-order valence-corrected chi connectivity index (χ0v) is 24.2. The highest BCUT2D eigenvalue weighted by Crippen LogP contribution is 2.33. The monoisotopic (exact) mass is 558 g/mol. The first kappa shape index (κ1) is 28.6. The molecule has 4 rings (SSSR count). The van der Waals surface area contributed by atoms with Crippen molar-refractivity contribution in [1.29, 1.82) is 0 Å². The predicted molar refractivity (Wildman–Crippen MR) is 153 cm³/mol. The molecular weight excluding hydrogens is 520 g/mol. The summed E-state index contributed by atoms with van der Waals surface area (Å²) in [5, 5.41) is 8.87. The average Bonchev–Trinajstić information content (AvgIpc) is 2.85. The van der Waals surface area contributed by atoms with E-state index < -0.39 is 9.84 Å². The average molecular weight is 559 g/mol. The fraction of sp³-hybridized carbons (Fsp3) is 0.538. The Kier molecular flexibility index (Phi) is 8.31. The number of carbonyl (C=O) groups is 2. The number of anilines is 5. The van der Waals surface area contributed by atoms with Crippen LogP contribution in [0.4, 0.5) is 33.6 Å². The minimum Gasteiger partial charge on any atom is -0.343 e. The number of benzene rings is 1. The second-order valence-electron chi connectivity index (χ2n) is 10.8. The maximum absolute atomic E-state index is 12.8. The molecule has 12 nitrogen and oxygen atoms in total. The second-order valence-corrected chi connectivity index (χ2v) is 12.8. The van der Waals surface area contributed by atoms with Gasteiger partial charge in [0.15, 0.2) is 15.7 Å². The highest BCUT2D eigenvalue weighted by atomic mass is 32.2. The number of fused-ring (bicyclic) bond motifs is 1. The van der Waals surface area contributed by atoms with Gasteiger partial charge in [0.1, 0.15) is 5.69 Å². The quantitative estimate of drug-likeness (QED) is 0.468. The highest BCUT2D eigenvalue weighted by Gasteiger charge is 2.30. The summed E-state index contributed by atoms with van der Waals surface area (Å²) in [5.41, 5.74) is 1.32. The molecule has 0 unspecified atom stereocenters. The zero-order valence-electron chi connectivity index (χ0n) is 23.4. The first-order valence-electron chi connectivity index (χ1n) is 13.1. The van der Waals surface area contributed by atoms with Gasteiger partial charge >= 0.3 is 6.03 Å². The molecule has 1 aliphatic carbocycles. The van der Waals surface area contributed by atoms with Crippen LogP contribution in [0.5, 0.6) is 0 Å². The predicted octanol–water partition coefficient (Wildman–Crippen LogP) is 2.81. The van der Waals surface area contributed by atoms with Gasteiger partial charge in [-0.05, 0) is 71.8 Å². The van der Waals surface area contributed by atoms with Gasteiger partial charge < -0.3 is 30.7 Å². The van der Waals surface area contributed by atoms with E-state index in [9.17, 15) is 18.0 Å². The van der Waals surface area contributed by atoms with Crippen LogP contribution >= 0.6 is 0 Å². The van der Waals surface area contributed by atoms with Gasteiger partial charge in [-0.1, -0.05) is 0 Å². The number of amides is 3. The lowest BCUT2D eigenvalue weighted by Crippen LogP contribution is -2.47. The number of nitrogens with zero attached hydrogens (tertiary/aromatic N) is 5. The number of likely N-dealkylation sites (N-methyl/N-ethyl adjacent to an activating group) is 1. The fourth-order valence-electron chi connectivity index (χ4n) is 4.94. The van der Waals surface area contributed by atoms with E-state index in [1.165, 1.54) is 17.0 Å². The second kappa shape index (κ2) is 11.3. The Balaban J connectivity index is 1.54. The number of aromatic nitrogens is 2. The zero-order chi connectivity index (χ0) is 28.5. The summed E-state index contributed by atoms with van der Waals surface area (Å²) < 4.78 is 24.8. The van der Waals surface area contributed by atoms with Gasteiger partial charge in [0, 0.05) is 42.8 Å². The molecule has 1 fully saturated rings. The summed E-state index contributed by atoms with van der Waals surface area (Å²) in [6, 6.07) is 4.77. The van der Waals surface area contributed by atoms with Crippen LogP contribution in [0.1, 0.15) is 39.5 Å². The van der Waals surface area contributed by atoms with Crippen LogP contribution in [0, 0.1) is 0 Å². The van der Waals surface area contributed by atoms with E-state index in [2.05, 4.69) is 44.9 Å². The Morgan fingerprint density at radius 1 is 1.10 bits per heavy atom. The molecular formula is C26H38N8O4S. The molecule has 1 saturated carbocycles. The van der Waals surface area contributed by atoms with Crippen LogP contribution in [0.25, 0.3) is 0 Å². The van der Waals surface area contributed by atoms with Gasteiger partial charge in [0.05, 0.1) is 17.6 Å². The third-order valence-corrected chi connectivity index (χ3v) is 8.39. The number of hydrogen-bond donors (Lipinski definition) is 3. The maximum atomic E-state index is 12.8. The first-order valence-corrected chi connectivity index (χ1v) is 15.0. The van der Waals surface area contributed by atoms with Gasteiger partial charge in [-0.15, -0.1) is 0 Å². The summed E-state index contributed by atoms with van der Waals surface area (Å²) >= 11 is 0. The number of urea groups is 1. The van der Waals surface area contributed by atoms with Gasteiger partial charge in [-0.3, -0.25) is 4.79 Å². The topological polar surface area (TPSA) is 140 Å². The van der Waals surface area contributed by atoms with Crippen molar-refractivity contribution >= 4 is 50.6 Å². The highest BCUT2D eigenvalue weighted by molar-refractivity contribution is 7.90. The lowest BCUT2D eigenvalue weighted by molar-refractivity contribution is -0.117. The van der Waals surface area contributed by atoms with Crippen LogP contribution in [0.3, 0.4) is 0 Å². The molecule has 3 N–H and O–H groups in total. The molecule has 0 atom stereocenters. The van der Waals surface area contributed by atoms with E-state index in [4.69, 9.17) is 0 Å². The number of hydrogen-bond acceptors (Lipinski definition) is 9. The maximum Gasteiger partial charge on any atom is 0.319 e. The summed E-state index contributed by atoms with van der Waals surface area (Å²) in [6.45, 7) is 4.15. The van der Waals surface area contributed by atoms with E-state index in [1.807, 2.05) is 18.7 Å². The molecule has 2 aliphatic rings. The smallest absolute Gasteiger partial charge is 0.319 e. The number of nitrogens with one attached hydrogen (secondary N) is 3. The van der Waals surface area contributed by atoms with Crippen molar-refractivity contribution in [1.82, 2.24) is 20.2 Å². The molecule has 0 radical (unpaired) electrons. The molecule has 1 aromatic heterocycles. The minimum atomic E-state index is -3.57. The van der Waals surface area contributed by atoms with E-state index in [1.54, 1.807) is 19.3 Å². The Bertz CT molecular complexity index is 1340. The third kappa shape index (κ3) is 6.77. The van der Waals surface area contributed by atoms with Crippen LogP contribution in [-0.4, -0.2) is 87.3 Å². The van der Waals surface area contributed by atoms with Crippen molar-refractivity contribution < 1.29 is 18.0 Å². The largest absolute Gasteiger partial charge is 0.343 e. The van der Waals surface area contributed by atoms with Gasteiger partial charge in [-0.25, -0.2) is 18.2 Å². The van der Waals surface area contributed by atoms with Crippen LogP contribution in [0.2, 0.25) is 0 Å². The number of sulfone groups is 1. The summed E-state index contributed by atoms with van der Waals surface area (Å²) in [5.74, 6) is 0.785. The van der Waals surface area contributed by atoms with Crippen molar-refractivity contribution in [2.24, 2.45) is 0 Å². The Hall–Kier alpha value is -3.45. The molecule has 39 heavy (non-hydrogen) atoms. The van der Waals surface area contributed by atoms with Crippen molar-refractivity contribution in [3.63, 3.8) is 0 Å². The molecule has 0 saturated heterocycles. The Morgan fingerprint density at radius 3 is 2.38 bits per heavy atom. The van der Waals surface area contributed by atoms with Crippen LogP contribution in [0.15, 0.2) is 29.3 Å². The molecule has 1 aliphatic heterocycles. The summed E-state index contributed by atoms with van der Waals surface area (Å²) in [4.78, 5) is 39.8. The van der Waals surface area contributed by atoms with Crippen molar-refractivity contribution in [3.05, 3.63) is 24.4 Å². The van der Waals surface area contributed by atoms with Gasteiger partial charge in [0.2, 0.25) is 11.9 Å². The lowest BCUT2D eigenvalue weighted by Gasteiger charge is -2.36. The molecule has 212 valence electrons. The molecule has 0 bridgehead atoms. The summed E-state index contributed by atoms with van der Waals surface area (Å²) in [7, 11) is 2.25. The normalized spacial score (nSPS) is 19.7. The van der Waals surface area contributed by atoms with E-state index in [0.717, 1.165) is 31.9 Å². The SMILES string of the molecule is CC(C)N1CC(=O)N(C)c2cnc(Nc3cc(NC(=O)N[C@H]4CC[C@@H](N(C)C)CC4)cc(S(C)(=O)=O)c3)nc21. The molecule has 1 aromatic carbocycles. The van der Waals surface area contributed by atoms with E-state index in [0.29, 0.717) is 28.9 Å². The van der Waals surface area contributed by atoms with Crippen molar-refractivity contribution in [2.45, 2.75) is 62.6 Å². The van der Waals surface area contributed by atoms with E-state index >= 15 is 0 Å². The standard InChI is InChI=1S/C26H38N8O4S/c1-16(2)34-15-23(35)33(5)22-14-27-25(31-24(22)34)28-18-11-19(13-21(12-18)39(6,37)38)30-26(36)29-17-7-9-20(10-8-17)32(3)4/h11-14,16-17,20H,7-10,15H2,1-6H3,(H,27,28,31)(H2,29,30,36)/t17-,20+. The fourth-order valence-corrected chi connectivity index (χ4v) is 5.62. The number of rotatable bonds is 7. The van der Waals surface area contributed by atoms with Crippen LogP contribution in [-0.2, 0) is 14.6 Å². The first-order chi connectivity index (χ1) is 18.3. The molecule has 2 aromatic rings. The molecule has 3 amide bonds. The third-order valence-electron chi connectivity index (χ3n) is 7.30. The Morgan fingerprint density at radius 2 is 1.77 bits per heavy atom. The van der Waals surface area contributed by atoms with Gasteiger partial charge in [-0.2, -0.15) is 4.98 Å².